The number of fused-ring (bicyclic) bond motifs is 2. The number of rotatable bonds is 3. The summed E-state index contributed by atoms with van der Waals surface area (Å²) in [7, 11) is 0. The lowest BCUT2D eigenvalue weighted by molar-refractivity contribution is -0.167. The van der Waals surface area contributed by atoms with Gasteiger partial charge in [0.15, 0.2) is 0 Å². The van der Waals surface area contributed by atoms with Gasteiger partial charge in [-0.15, -0.1) is 0 Å². The summed E-state index contributed by atoms with van der Waals surface area (Å²) in [5.41, 5.74) is 1.56. The van der Waals surface area contributed by atoms with E-state index in [1.807, 2.05) is 0 Å². The number of hydrogen-bond donors (Lipinski definition) is 1. The van der Waals surface area contributed by atoms with Crippen LogP contribution in [0.3, 0.4) is 0 Å². The second-order valence-corrected chi connectivity index (χ2v) is 5.59. The Hall–Kier alpha value is -3.48. The van der Waals surface area contributed by atoms with Crippen LogP contribution in [-0.2, 0) is 16.1 Å². The summed E-state index contributed by atoms with van der Waals surface area (Å²) in [5, 5.41) is 1.00. The van der Waals surface area contributed by atoms with Gasteiger partial charge < -0.3 is 9.82 Å². The minimum Gasteiger partial charge on any atom is -0.361 e. The van der Waals surface area contributed by atoms with Crippen LogP contribution in [0.15, 0.2) is 48.7 Å². The molecule has 1 N–H and O–H groups in total. The average Bonchev–Trinajstić information content (AvgIpc) is 3.10. The second-order valence-electron chi connectivity index (χ2n) is 5.59. The number of benzene rings is 2. The van der Waals surface area contributed by atoms with Crippen LogP contribution in [0, 0.1) is 5.82 Å². The van der Waals surface area contributed by atoms with E-state index < -0.39 is 23.6 Å². The maximum absolute atomic E-state index is 13.4. The first kappa shape index (κ1) is 15.1. The van der Waals surface area contributed by atoms with Gasteiger partial charge in [0, 0.05) is 17.1 Å². The van der Waals surface area contributed by atoms with Crippen LogP contribution in [-0.4, -0.2) is 27.8 Å². The van der Waals surface area contributed by atoms with Gasteiger partial charge in [0.1, 0.15) is 5.82 Å². The first-order chi connectivity index (χ1) is 12.0. The van der Waals surface area contributed by atoms with Crippen molar-refractivity contribution in [3.05, 3.63) is 71.2 Å². The number of hydrogen-bond acceptors (Lipinski definition) is 4. The summed E-state index contributed by atoms with van der Waals surface area (Å²) in [6.07, 6.45) is 1.35. The van der Waals surface area contributed by atoms with Gasteiger partial charge in [0.2, 0.25) is 0 Å². The third-order valence-electron chi connectivity index (χ3n) is 4.01. The van der Waals surface area contributed by atoms with Gasteiger partial charge in [-0.05, 0) is 35.9 Å². The molecule has 1 aliphatic heterocycles. The van der Waals surface area contributed by atoms with Crippen LogP contribution >= 0.6 is 0 Å². The molecule has 0 aliphatic carbocycles. The van der Waals surface area contributed by atoms with E-state index in [1.165, 1.54) is 24.3 Å². The summed E-state index contributed by atoms with van der Waals surface area (Å²) in [6, 6.07) is 10.4. The quantitative estimate of drug-likeness (QED) is 0.745. The van der Waals surface area contributed by atoms with Gasteiger partial charge in [0.05, 0.1) is 17.5 Å². The van der Waals surface area contributed by atoms with Gasteiger partial charge in [0.25, 0.3) is 11.8 Å². The topological polar surface area (TPSA) is 79.5 Å². The van der Waals surface area contributed by atoms with Crippen LogP contribution in [0.2, 0.25) is 0 Å². The van der Waals surface area contributed by atoms with Crippen molar-refractivity contribution < 1.29 is 23.6 Å². The first-order valence-corrected chi connectivity index (χ1v) is 7.49. The fraction of sp³-hybridized carbons (Fsp3) is 0.0556. The molecule has 1 aliphatic rings. The molecule has 0 saturated carbocycles. The van der Waals surface area contributed by atoms with Crippen LogP contribution in [0.1, 0.15) is 26.3 Å². The van der Waals surface area contributed by atoms with Crippen molar-refractivity contribution in [2.24, 2.45) is 0 Å². The highest BCUT2D eigenvalue weighted by Crippen LogP contribution is 2.24. The van der Waals surface area contributed by atoms with Crippen molar-refractivity contribution >= 4 is 28.7 Å². The molecule has 2 aromatic carbocycles. The molecule has 0 radical (unpaired) electrons. The molecular formula is C18H11FN2O4. The highest BCUT2D eigenvalue weighted by atomic mass is 19.1. The molecule has 0 atom stereocenters. The number of imide groups is 1. The fourth-order valence-electron chi connectivity index (χ4n) is 2.84. The largest absolute Gasteiger partial charge is 0.361 e. The van der Waals surface area contributed by atoms with E-state index in [1.54, 1.807) is 24.4 Å². The summed E-state index contributed by atoms with van der Waals surface area (Å²) < 4.78 is 13.4. The van der Waals surface area contributed by atoms with E-state index in [-0.39, 0.29) is 17.5 Å². The molecule has 6 nitrogen and oxygen atoms in total. The Labute approximate surface area is 140 Å². The Bertz CT molecular complexity index is 1010. The smallest absolute Gasteiger partial charge is 0.337 e. The van der Waals surface area contributed by atoms with Crippen LogP contribution < -0.4 is 0 Å². The maximum atomic E-state index is 13.4. The molecule has 1 aromatic heterocycles. The van der Waals surface area contributed by atoms with Gasteiger partial charge in [-0.1, -0.05) is 17.2 Å². The number of carbonyl (C=O) groups is 3. The van der Waals surface area contributed by atoms with Gasteiger partial charge in [-0.2, -0.15) is 0 Å². The van der Waals surface area contributed by atoms with Crippen molar-refractivity contribution in [3.63, 3.8) is 0 Å². The summed E-state index contributed by atoms with van der Waals surface area (Å²) in [6.45, 7) is 0. The summed E-state index contributed by atoms with van der Waals surface area (Å²) in [4.78, 5) is 44.4. The highest BCUT2D eigenvalue weighted by molar-refractivity contribution is 6.20. The number of H-pyrrole nitrogens is 1. The number of nitrogens with one attached hydrogen (secondary N) is 1. The van der Waals surface area contributed by atoms with Crippen molar-refractivity contribution in [1.82, 2.24) is 10.0 Å². The number of hydroxylamine groups is 2. The van der Waals surface area contributed by atoms with E-state index in [9.17, 15) is 18.8 Å². The third kappa shape index (κ3) is 2.46. The van der Waals surface area contributed by atoms with E-state index in [4.69, 9.17) is 4.84 Å². The minimum atomic E-state index is -0.792. The van der Waals surface area contributed by atoms with Gasteiger partial charge in [-0.3, -0.25) is 9.59 Å². The molecular weight excluding hydrogens is 327 g/mol. The number of amides is 2. The lowest BCUT2D eigenvalue weighted by atomic mass is 10.1. The van der Waals surface area contributed by atoms with Gasteiger partial charge in [-0.25, -0.2) is 9.18 Å². The zero-order valence-corrected chi connectivity index (χ0v) is 12.8. The van der Waals surface area contributed by atoms with Crippen LogP contribution in [0.4, 0.5) is 4.39 Å². The van der Waals surface area contributed by atoms with Crippen LogP contribution in [0.5, 0.6) is 0 Å². The molecule has 0 spiro atoms. The normalized spacial score (nSPS) is 13.4. The van der Waals surface area contributed by atoms with Gasteiger partial charge >= 0.3 is 5.97 Å². The SMILES string of the molecule is O=C(Cc1c[nH]c2ccc(F)cc12)ON1C(=O)c2ccccc2C1=O. The molecule has 0 bridgehead atoms. The number of aromatic nitrogens is 1. The molecule has 4 rings (SSSR count). The number of aromatic amines is 1. The van der Waals surface area contributed by atoms with Crippen molar-refractivity contribution in [1.29, 1.82) is 0 Å². The standard InChI is InChI=1S/C18H11FN2O4/c19-11-5-6-15-14(8-11)10(9-20-15)7-16(22)25-21-17(23)12-3-1-2-4-13(12)18(21)24/h1-6,8-9,20H,7H2. The molecule has 0 unspecified atom stereocenters. The first-order valence-electron chi connectivity index (χ1n) is 7.49. The molecule has 124 valence electrons. The van der Waals surface area contributed by atoms with Crippen LogP contribution in [0.25, 0.3) is 10.9 Å². The Morgan fingerprint density at radius 2 is 1.76 bits per heavy atom. The van der Waals surface area contributed by atoms with E-state index in [2.05, 4.69) is 4.98 Å². The fourth-order valence-corrected chi connectivity index (χ4v) is 2.84. The molecule has 0 fully saturated rings. The summed E-state index contributed by atoms with van der Waals surface area (Å²) in [5.74, 6) is -2.58. The zero-order chi connectivity index (χ0) is 17.6. The van der Waals surface area contributed by atoms with Crippen molar-refractivity contribution in [3.8, 4) is 0 Å². The predicted molar refractivity (Wildman–Crippen MR) is 85.0 cm³/mol. The van der Waals surface area contributed by atoms with E-state index in [0.717, 1.165) is 0 Å². The molecule has 2 amide bonds. The number of halogens is 1. The number of carbonyl (C=O) groups excluding carboxylic acids is 3. The van der Waals surface area contributed by atoms with E-state index >= 15 is 0 Å². The highest BCUT2D eigenvalue weighted by Gasteiger charge is 2.38. The second kappa shape index (κ2) is 5.55. The maximum Gasteiger partial charge on any atom is 0.337 e. The molecule has 7 heteroatoms. The Kier molecular flexibility index (Phi) is 3.35. The lowest BCUT2D eigenvalue weighted by Gasteiger charge is -2.12. The Morgan fingerprint density at radius 3 is 2.44 bits per heavy atom. The molecule has 25 heavy (non-hydrogen) atoms. The zero-order valence-electron chi connectivity index (χ0n) is 12.8. The third-order valence-corrected chi connectivity index (χ3v) is 4.01. The average molecular weight is 338 g/mol. The molecule has 0 saturated heterocycles. The van der Waals surface area contributed by atoms with Crippen molar-refractivity contribution in [2.45, 2.75) is 6.42 Å². The van der Waals surface area contributed by atoms with Crippen molar-refractivity contribution in [2.75, 3.05) is 0 Å². The Morgan fingerprint density at radius 1 is 1.08 bits per heavy atom. The Balaban J connectivity index is 1.54. The monoisotopic (exact) mass is 338 g/mol. The molecule has 2 heterocycles. The molecule has 3 aromatic rings. The lowest BCUT2D eigenvalue weighted by Crippen LogP contribution is -2.33. The summed E-state index contributed by atoms with van der Waals surface area (Å²) >= 11 is 0. The number of nitrogens with zero attached hydrogens (tertiary/aromatic N) is 1. The minimum absolute atomic E-state index is 0.189. The van der Waals surface area contributed by atoms with E-state index in [0.29, 0.717) is 21.5 Å². The predicted octanol–water partition coefficient (Wildman–Crippen LogP) is 2.60.